The lowest BCUT2D eigenvalue weighted by Gasteiger charge is -2.58. The molecule has 1 spiro atoms. The minimum atomic E-state index is -4.42. The zero-order valence-corrected chi connectivity index (χ0v) is 26.4. The second-order valence-corrected chi connectivity index (χ2v) is 12.7. The number of alkyl halides is 3. The van der Waals surface area contributed by atoms with Crippen molar-refractivity contribution in [2.45, 2.75) is 56.9 Å². The summed E-state index contributed by atoms with van der Waals surface area (Å²) in [5, 5.41) is 18.9. The number of likely N-dealkylation sites (tertiary alicyclic amines) is 1. The molecule has 3 fully saturated rings. The minimum Gasteiger partial charge on any atom is -0.490 e. The highest BCUT2D eigenvalue weighted by atomic mass is 19.4. The second-order valence-electron chi connectivity index (χ2n) is 12.7. The van der Waals surface area contributed by atoms with Crippen molar-refractivity contribution in [3.8, 4) is 23.7 Å². The van der Waals surface area contributed by atoms with Crippen LogP contribution in [0.3, 0.4) is 0 Å². The molecule has 1 saturated carbocycles. The van der Waals surface area contributed by atoms with Gasteiger partial charge in [0.05, 0.1) is 49.1 Å². The van der Waals surface area contributed by atoms with Gasteiger partial charge in [0.2, 0.25) is 0 Å². The third kappa shape index (κ3) is 7.45. The average molecular weight is 649 g/mol. The Bertz CT molecular complexity index is 1700. The molecule has 0 atom stereocenters. The molecule has 248 valence electrons. The number of fused-ring (bicyclic) bond motifs is 1. The van der Waals surface area contributed by atoms with Crippen molar-refractivity contribution in [3.05, 3.63) is 53.7 Å². The van der Waals surface area contributed by atoms with E-state index >= 15 is 0 Å². The third-order valence-corrected chi connectivity index (χ3v) is 9.28. The monoisotopic (exact) mass is 648 g/mol. The second kappa shape index (κ2) is 13.8. The molecule has 2 aromatic carbocycles. The van der Waals surface area contributed by atoms with Gasteiger partial charge in [0.15, 0.2) is 0 Å². The van der Waals surface area contributed by atoms with Crippen LogP contribution in [0.2, 0.25) is 0 Å². The van der Waals surface area contributed by atoms with E-state index in [9.17, 15) is 18.0 Å². The molecule has 47 heavy (non-hydrogen) atoms. The van der Waals surface area contributed by atoms with Gasteiger partial charge in [0, 0.05) is 54.3 Å². The van der Waals surface area contributed by atoms with Crippen molar-refractivity contribution >= 4 is 28.2 Å². The summed E-state index contributed by atoms with van der Waals surface area (Å²) in [6.45, 7) is 3.12. The van der Waals surface area contributed by atoms with E-state index in [-0.39, 0.29) is 37.2 Å². The Morgan fingerprint density at radius 1 is 1.11 bits per heavy atom. The van der Waals surface area contributed by atoms with E-state index in [1.807, 2.05) is 12.1 Å². The lowest BCUT2D eigenvalue weighted by molar-refractivity contribution is -0.200. The summed E-state index contributed by atoms with van der Waals surface area (Å²) in [5.41, 5.74) is 2.90. The van der Waals surface area contributed by atoms with E-state index in [1.54, 1.807) is 36.4 Å². The first-order valence-electron chi connectivity index (χ1n) is 16.0. The predicted molar refractivity (Wildman–Crippen MR) is 173 cm³/mol. The van der Waals surface area contributed by atoms with Gasteiger partial charge in [-0.15, -0.1) is 0 Å². The van der Waals surface area contributed by atoms with Crippen LogP contribution in [-0.2, 0) is 11.3 Å². The summed E-state index contributed by atoms with van der Waals surface area (Å²) in [6.07, 6.45) is -0.0394. The SMILES string of the molecule is CNC(=O)c1ccc(NCC#Cc2cc3c(NC4CCC(N5CC6(COC6)C5)CC4)cccc3n2CC(F)(F)F)c(OCCC#N)c1. The van der Waals surface area contributed by atoms with Crippen molar-refractivity contribution < 1.29 is 27.4 Å². The van der Waals surface area contributed by atoms with Gasteiger partial charge in [-0.1, -0.05) is 12.0 Å². The first kappa shape index (κ1) is 32.5. The van der Waals surface area contributed by atoms with Gasteiger partial charge in [0.1, 0.15) is 18.9 Å². The maximum atomic E-state index is 13.7. The Hall–Kier alpha value is -4.39. The van der Waals surface area contributed by atoms with Crippen molar-refractivity contribution in [2.24, 2.45) is 5.41 Å². The zero-order chi connectivity index (χ0) is 33.0. The molecule has 2 aliphatic heterocycles. The number of halogens is 3. The first-order chi connectivity index (χ1) is 22.7. The molecule has 1 aliphatic carbocycles. The number of benzene rings is 2. The fourth-order valence-corrected chi connectivity index (χ4v) is 6.87. The molecule has 2 saturated heterocycles. The lowest BCUT2D eigenvalue weighted by Crippen LogP contribution is -2.68. The van der Waals surface area contributed by atoms with Crippen LogP contribution in [0.25, 0.3) is 10.9 Å². The van der Waals surface area contributed by atoms with Gasteiger partial charge in [-0.3, -0.25) is 9.69 Å². The Morgan fingerprint density at radius 3 is 2.57 bits per heavy atom. The van der Waals surface area contributed by atoms with Gasteiger partial charge in [-0.2, -0.15) is 18.4 Å². The summed E-state index contributed by atoms with van der Waals surface area (Å²) >= 11 is 0. The number of nitrogens with one attached hydrogen (secondary N) is 3. The van der Waals surface area contributed by atoms with Crippen LogP contribution in [0, 0.1) is 28.6 Å². The molecule has 3 aromatic rings. The number of hydrogen-bond acceptors (Lipinski definition) is 7. The number of hydrogen-bond donors (Lipinski definition) is 3. The Labute approximate surface area is 272 Å². The molecular weight excluding hydrogens is 609 g/mol. The van der Waals surface area contributed by atoms with Crippen LogP contribution < -0.4 is 20.7 Å². The van der Waals surface area contributed by atoms with Gasteiger partial charge in [-0.05, 0) is 68.0 Å². The van der Waals surface area contributed by atoms with Gasteiger partial charge in [-0.25, -0.2) is 0 Å². The van der Waals surface area contributed by atoms with E-state index in [2.05, 4.69) is 32.7 Å². The molecule has 0 unspecified atom stereocenters. The largest absolute Gasteiger partial charge is 0.490 e. The Kier molecular flexibility index (Phi) is 9.53. The number of nitrogens with zero attached hydrogens (tertiary/aromatic N) is 3. The van der Waals surface area contributed by atoms with Gasteiger partial charge >= 0.3 is 6.18 Å². The highest BCUT2D eigenvalue weighted by molar-refractivity contribution is 5.95. The average Bonchev–Trinajstić information content (AvgIpc) is 3.35. The summed E-state index contributed by atoms with van der Waals surface area (Å²) in [7, 11) is 1.52. The highest BCUT2D eigenvalue weighted by Crippen LogP contribution is 2.41. The van der Waals surface area contributed by atoms with E-state index < -0.39 is 12.7 Å². The topological polar surface area (TPSA) is 104 Å². The normalized spacial score (nSPS) is 20.3. The van der Waals surface area contributed by atoms with Crippen LogP contribution >= 0.6 is 0 Å². The molecular formula is C35H39F3N6O3. The molecule has 1 amide bonds. The van der Waals surface area contributed by atoms with Crippen LogP contribution in [0.4, 0.5) is 24.5 Å². The number of carbonyl (C=O) groups excluding carboxylic acids is 1. The van der Waals surface area contributed by atoms with Gasteiger partial charge in [0.25, 0.3) is 5.91 Å². The molecule has 3 N–H and O–H groups in total. The maximum absolute atomic E-state index is 13.7. The standard InChI is InChI=1S/C35H39F3N6O3/c1-40-33(45)24-8-13-30(32(17-24)47-16-4-14-39)41-15-3-5-27-18-28-29(6-2-7-31(28)44(27)21-35(36,37)38)42-25-9-11-26(12-10-25)43-19-34(20-43)22-46-23-34/h2,6-8,13,17-18,25-26,41-42H,4,9-12,15-16,19-23H2,1H3,(H,40,45). The molecule has 3 aliphatic rings. The van der Waals surface area contributed by atoms with Crippen LogP contribution in [0.15, 0.2) is 42.5 Å². The number of amides is 1. The maximum Gasteiger partial charge on any atom is 0.406 e. The molecule has 0 radical (unpaired) electrons. The van der Waals surface area contributed by atoms with Crippen LogP contribution in [0.5, 0.6) is 5.75 Å². The third-order valence-electron chi connectivity index (χ3n) is 9.28. The van der Waals surface area contributed by atoms with Crippen molar-refractivity contribution in [1.82, 2.24) is 14.8 Å². The quantitative estimate of drug-likeness (QED) is 0.201. The Balaban J connectivity index is 1.15. The highest BCUT2D eigenvalue weighted by Gasteiger charge is 2.50. The fourth-order valence-electron chi connectivity index (χ4n) is 6.87. The fraction of sp³-hybridized carbons (Fsp3) is 0.486. The molecule has 1 aromatic heterocycles. The lowest BCUT2D eigenvalue weighted by atomic mass is 9.75. The first-order valence-corrected chi connectivity index (χ1v) is 16.0. The minimum absolute atomic E-state index is 0.112. The predicted octanol–water partition coefficient (Wildman–Crippen LogP) is 5.37. The molecule has 9 nitrogen and oxygen atoms in total. The van der Waals surface area contributed by atoms with E-state index in [0.717, 1.165) is 57.7 Å². The number of nitriles is 1. The molecule has 12 heteroatoms. The van der Waals surface area contributed by atoms with E-state index in [1.165, 1.54) is 11.6 Å². The molecule has 6 rings (SSSR count). The number of anilines is 2. The van der Waals surface area contributed by atoms with Crippen LogP contribution in [-0.4, -0.2) is 80.1 Å². The number of rotatable bonds is 10. The Morgan fingerprint density at radius 2 is 1.89 bits per heavy atom. The summed E-state index contributed by atoms with van der Waals surface area (Å²) in [4.78, 5) is 14.7. The number of carbonyl (C=O) groups is 1. The smallest absolute Gasteiger partial charge is 0.406 e. The number of aromatic nitrogens is 1. The van der Waals surface area contributed by atoms with Gasteiger partial charge < -0.3 is 30.0 Å². The summed E-state index contributed by atoms with van der Waals surface area (Å²) in [6, 6.07) is 14.9. The number of ether oxygens (including phenoxy) is 2. The van der Waals surface area contributed by atoms with E-state index in [4.69, 9.17) is 14.7 Å². The summed E-state index contributed by atoms with van der Waals surface area (Å²) in [5.74, 6) is 5.99. The molecule has 0 bridgehead atoms. The van der Waals surface area contributed by atoms with Crippen molar-refractivity contribution in [2.75, 3.05) is 57.1 Å². The van der Waals surface area contributed by atoms with Crippen LogP contribution in [0.1, 0.15) is 48.2 Å². The summed E-state index contributed by atoms with van der Waals surface area (Å²) < 4.78 is 53.6. The zero-order valence-electron chi connectivity index (χ0n) is 26.4. The molecule has 3 heterocycles. The van der Waals surface area contributed by atoms with Crippen molar-refractivity contribution in [3.63, 3.8) is 0 Å². The van der Waals surface area contributed by atoms with E-state index in [0.29, 0.717) is 39.4 Å². The van der Waals surface area contributed by atoms with Crippen molar-refractivity contribution in [1.29, 1.82) is 5.26 Å².